The van der Waals surface area contributed by atoms with Crippen LogP contribution in [0.4, 0.5) is 26.1 Å². The lowest BCUT2D eigenvalue weighted by Gasteiger charge is -2.22. The predicted octanol–water partition coefficient (Wildman–Crippen LogP) is 3.79. The molecule has 0 aliphatic carbocycles. The van der Waals surface area contributed by atoms with E-state index in [2.05, 4.69) is 35.6 Å². The van der Waals surface area contributed by atoms with Gasteiger partial charge in [0.05, 0.1) is 31.1 Å². The number of rotatable bonds is 7. The molecule has 0 bridgehead atoms. The lowest BCUT2D eigenvalue weighted by Crippen LogP contribution is -2.22. The largest absolute Gasteiger partial charge is 0.376 e. The van der Waals surface area contributed by atoms with Gasteiger partial charge in [0.2, 0.25) is 11.7 Å². The molecule has 184 valence electrons. The Hall–Kier alpha value is -3.64. The van der Waals surface area contributed by atoms with E-state index < -0.39 is 11.7 Å². The van der Waals surface area contributed by atoms with Crippen molar-refractivity contribution < 1.29 is 23.0 Å². The summed E-state index contributed by atoms with van der Waals surface area (Å²) in [6.07, 6.45) is 4.96. The summed E-state index contributed by atoms with van der Waals surface area (Å²) in [4.78, 5) is 32.6. The monoisotopic (exact) mass is 485 g/mol. The third-order valence-electron chi connectivity index (χ3n) is 5.11. The van der Waals surface area contributed by atoms with Gasteiger partial charge in [-0.1, -0.05) is 6.92 Å². The first-order valence-electron chi connectivity index (χ1n) is 11.1. The summed E-state index contributed by atoms with van der Waals surface area (Å²) in [6, 6.07) is 3.14. The van der Waals surface area contributed by atoms with Gasteiger partial charge < -0.3 is 20.1 Å². The zero-order valence-electron chi connectivity index (χ0n) is 19.5. The molecule has 35 heavy (non-hydrogen) atoms. The van der Waals surface area contributed by atoms with E-state index in [9.17, 15) is 13.6 Å². The zero-order chi connectivity index (χ0) is 25.0. The summed E-state index contributed by atoms with van der Waals surface area (Å²) in [5, 5.41) is 5.66. The minimum atomic E-state index is -3.21. The Labute approximate surface area is 200 Å². The number of carbonyl (C=O) groups excluding carboxylic acids is 1. The molecule has 3 aromatic rings. The van der Waals surface area contributed by atoms with Crippen LogP contribution in [-0.4, -0.2) is 50.6 Å². The minimum absolute atomic E-state index is 0.166. The van der Waals surface area contributed by atoms with Crippen molar-refractivity contribution in [3.63, 3.8) is 0 Å². The fourth-order valence-corrected chi connectivity index (χ4v) is 3.39. The number of nitrogens with one attached hydrogen (secondary N) is 2. The highest BCUT2D eigenvalue weighted by atomic mass is 19.3. The standard InChI is InChI=1S/C23H25F2N7O3/c1-4-15-7-20(32-22(30-15)23(3,24)25)31-17-8-19(29-13(2)33)26-11-16(17)21-27-9-14(10-28-21)18-12-34-5-6-35-18/h7-11,18H,4-6,12H2,1-3H3,(H2,26,29,30,31,32,33). The average molecular weight is 485 g/mol. The quantitative estimate of drug-likeness (QED) is 0.514. The number of hydrogen-bond acceptors (Lipinski definition) is 9. The van der Waals surface area contributed by atoms with Gasteiger partial charge in [0, 0.05) is 55.8 Å². The van der Waals surface area contributed by atoms with Gasteiger partial charge >= 0.3 is 5.92 Å². The van der Waals surface area contributed by atoms with E-state index in [1.165, 1.54) is 13.1 Å². The molecule has 3 aromatic heterocycles. The molecule has 1 amide bonds. The smallest absolute Gasteiger partial charge is 0.303 e. The van der Waals surface area contributed by atoms with Crippen molar-refractivity contribution in [1.29, 1.82) is 0 Å². The van der Waals surface area contributed by atoms with Crippen LogP contribution in [0.5, 0.6) is 0 Å². The molecule has 0 saturated carbocycles. The first-order chi connectivity index (χ1) is 16.7. The van der Waals surface area contributed by atoms with E-state index in [0.29, 0.717) is 49.0 Å². The van der Waals surface area contributed by atoms with E-state index >= 15 is 0 Å². The van der Waals surface area contributed by atoms with Crippen LogP contribution in [0.2, 0.25) is 0 Å². The van der Waals surface area contributed by atoms with Crippen LogP contribution in [0.1, 0.15) is 44.0 Å². The number of aromatic nitrogens is 5. The minimum Gasteiger partial charge on any atom is -0.376 e. The predicted molar refractivity (Wildman–Crippen MR) is 123 cm³/mol. The molecule has 1 aliphatic rings. The Bertz CT molecular complexity index is 1200. The summed E-state index contributed by atoms with van der Waals surface area (Å²) in [7, 11) is 0. The molecule has 0 aromatic carbocycles. The lowest BCUT2D eigenvalue weighted by atomic mass is 10.1. The van der Waals surface area contributed by atoms with E-state index in [1.54, 1.807) is 24.5 Å². The van der Waals surface area contributed by atoms with Gasteiger partial charge in [0.1, 0.15) is 17.7 Å². The summed E-state index contributed by atoms with van der Waals surface area (Å²) >= 11 is 0. The molecule has 0 spiro atoms. The van der Waals surface area contributed by atoms with E-state index in [-0.39, 0.29) is 23.6 Å². The van der Waals surface area contributed by atoms with Crippen molar-refractivity contribution in [3.05, 3.63) is 47.8 Å². The highest BCUT2D eigenvalue weighted by molar-refractivity contribution is 5.89. The Morgan fingerprint density at radius 3 is 2.51 bits per heavy atom. The van der Waals surface area contributed by atoms with Crippen LogP contribution in [0.15, 0.2) is 30.7 Å². The SMILES string of the molecule is CCc1cc(Nc2cc(NC(C)=O)ncc2-c2ncc(C3COCCO3)cn2)nc(C(C)(F)F)n1. The van der Waals surface area contributed by atoms with Crippen molar-refractivity contribution in [2.75, 3.05) is 30.5 Å². The van der Waals surface area contributed by atoms with Gasteiger partial charge in [0.25, 0.3) is 0 Å². The third kappa shape index (κ3) is 6.08. The normalized spacial score (nSPS) is 16.1. The zero-order valence-corrected chi connectivity index (χ0v) is 19.5. The molecule has 1 aliphatic heterocycles. The molecule has 1 fully saturated rings. The summed E-state index contributed by atoms with van der Waals surface area (Å²) in [5.41, 5.74) is 2.11. The number of halogens is 2. The van der Waals surface area contributed by atoms with Gasteiger partial charge in [-0.05, 0) is 6.42 Å². The number of anilines is 3. The second kappa shape index (κ2) is 10.3. The fraction of sp³-hybridized carbons (Fsp3) is 0.391. The second-order valence-corrected chi connectivity index (χ2v) is 8.01. The summed E-state index contributed by atoms with van der Waals surface area (Å²) in [5.74, 6) is -3.35. The molecule has 10 nitrogen and oxygen atoms in total. The Morgan fingerprint density at radius 1 is 1.11 bits per heavy atom. The number of alkyl halides is 2. The van der Waals surface area contributed by atoms with Crippen molar-refractivity contribution in [1.82, 2.24) is 24.9 Å². The van der Waals surface area contributed by atoms with Crippen LogP contribution in [0, 0.1) is 0 Å². The molecule has 12 heteroatoms. The molecule has 4 heterocycles. The number of carbonyl (C=O) groups is 1. The Kier molecular flexibility index (Phi) is 7.22. The van der Waals surface area contributed by atoms with Crippen LogP contribution in [0.3, 0.4) is 0 Å². The number of pyridine rings is 1. The number of aryl methyl sites for hydroxylation is 1. The molecule has 2 N–H and O–H groups in total. The molecule has 0 radical (unpaired) electrons. The molecule has 1 unspecified atom stereocenters. The Balaban J connectivity index is 1.71. The summed E-state index contributed by atoms with van der Waals surface area (Å²) in [6.45, 7) is 5.37. The van der Waals surface area contributed by atoms with Crippen molar-refractivity contribution in [3.8, 4) is 11.4 Å². The first kappa shape index (κ1) is 24.5. The van der Waals surface area contributed by atoms with Gasteiger partial charge in [0.15, 0.2) is 5.82 Å². The van der Waals surface area contributed by atoms with Crippen molar-refractivity contribution >= 4 is 23.2 Å². The first-order valence-corrected chi connectivity index (χ1v) is 11.1. The van der Waals surface area contributed by atoms with Crippen LogP contribution < -0.4 is 10.6 Å². The fourth-order valence-electron chi connectivity index (χ4n) is 3.39. The average Bonchev–Trinajstić information content (AvgIpc) is 2.84. The lowest BCUT2D eigenvalue weighted by molar-refractivity contribution is -0.114. The van der Waals surface area contributed by atoms with Crippen molar-refractivity contribution in [2.45, 2.75) is 39.2 Å². The van der Waals surface area contributed by atoms with Gasteiger partial charge in [-0.3, -0.25) is 4.79 Å². The van der Waals surface area contributed by atoms with Crippen molar-refractivity contribution in [2.24, 2.45) is 0 Å². The maximum absolute atomic E-state index is 14.0. The van der Waals surface area contributed by atoms with E-state index in [4.69, 9.17) is 9.47 Å². The van der Waals surface area contributed by atoms with E-state index in [1.807, 2.05) is 6.92 Å². The highest BCUT2D eigenvalue weighted by Crippen LogP contribution is 2.31. The number of amides is 1. The maximum atomic E-state index is 14.0. The summed E-state index contributed by atoms with van der Waals surface area (Å²) < 4.78 is 39.1. The topological polar surface area (TPSA) is 124 Å². The second-order valence-electron chi connectivity index (χ2n) is 8.01. The molecule has 1 saturated heterocycles. The van der Waals surface area contributed by atoms with Gasteiger partial charge in [-0.2, -0.15) is 8.78 Å². The highest BCUT2D eigenvalue weighted by Gasteiger charge is 2.29. The number of nitrogens with zero attached hydrogens (tertiary/aromatic N) is 5. The van der Waals surface area contributed by atoms with Crippen LogP contribution in [-0.2, 0) is 26.6 Å². The molecular weight excluding hydrogens is 460 g/mol. The molecular formula is C23H25F2N7O3. The van der Waals surface area contributed by atoms with Gasteiger partial charge in [-0.25, -0.2) is 24.9 Å². The van der Waals surface area contributed by atoms with Crippen LogP contribution >= 0.6 is 0 Å². The van der Waals surface area contributed by atoms with E-state index in [0.717, 1.165) is 12.5 Å². The van der Waals surface area contributed by atoms with Gasteiger partial charge in [-0.15, -0.1) is 0 Å². The Morgan fingerprint density at radius 2 is 1.89 bits per heavy atom. The molecule has 4 rings (SSSR count). The third-order valence-corrected chi connectivity index (χ3v) is 5.11. The van der Waals surface area contributed by atoms with Crippen LogP contribution in [0.25, 0.3) is 11.4 Å². The molecule has 1 atom stereocenters. The number of ether oxygens (including phenoxy) is 2. The maximum Gasteiger partial charge on any atom is 0.303 e. The number of hydrogen-bond donors (Lipinski definition) is 2.